The number of rotatable bonds is 6. The summed E-state index contributed by atoms with van der Waals surface area (Å²) in [6.45, 7) is 4.44. The standard InChI is InChI=1S/C26H24N6O/c1-2-16-32-17-23(21-12-14-27-25-22(21)13-15-28-25)24(31-32)18-8-10-20(11-9-18)30-26(33)29-19-6-4-3-5-7-19/h2,4,6-15,17H,1,3,5,16H2,(H,27,28)(H2,29,30,33). The van der Waals surface area contributed by atoms with Crippen molar-refractivity contribution >= 4 is 22.8 Å². The Morgan fingerprint density at radius 1 is 1.12 bits per heavy atom. The summed E-state index contributed by atoms with van der Waals surface area (Å²) in [5, 5.41) is 11.6. The number of hydrogen-bond acceptors (Lipinski definition) is 3. The molecule has 3 aromatic heterocycles. The predicted octanol–water partition coefficient (Wildman–Crippen LogP) is 5.63. The molecule has 3 heterocycles. The average molecular weight is 437 g/mol. The van der Waals surface area contributed by atoms with E-state index in [1.807, 2.05) is 71.7 Å². The number of anilines is 1. The SMILES string of the molecule is C=CCn1cc(-c2ccnc3[nH]ccc23)c(-c2ccc(NC(=O)NC3=CCCC=C3)cc2)n1. The first-order chi connectivity index (χ1) is 16.2. The van der Waals surface area contributed by atoms with E-state index in [4.69, 9.17) is 5.10 Å². The summed E-state index contributed by atoms with van der Waals surface area (Å²) < 4.78 is 1.88. The Bertz CT molecular complexity index is 1370. The van der Waals surface area contributed by atoms with Gasteiger partial charge >= 0.3 is 6.03 Å². The number of amides is 2. The van der Waals surface area contributed by atoms with E-state index in [9.17, 15) is 4.79 Å². The van der Waals surface area contributed by atoms with Gasteiger partial charge in [-0.1, -0.05) is 30.4 Å². The smallest absolute Gasteiger partial charge is 0.323 e. The first kappa shape index (κ1) is 20.5. The van der Waals surface area contributed by atoms with Gasteiger partial charge in [-0.25, -0.2) is 9.78 Å². The van der Waals surface area contributed by atoms with Gasteiger partial charge in [0.25, 0.3) is 0 Å². The second-order valence-electron chi connectivity index (χ2n) is 7.80. The molecule has 7 heteroatoms. The molecule has 33 heavy (non-hydrogen) atoms. The minimum absolute atomic E-state index is 0.261. The van der Waals surface area contributed by atoms with Crippen LogP contribution in [0, 0.1) is 0 Å². The first-order valence-corrected chi connectivity index (χ1v) is 10.9. The molecule has 0 aliphatic heterocycles. The van der Waals surface area contributed by atoms with E-state index in [0.29, 0.717) is 12.2 Å². The van der Waals surface area contributed by atoms with Crippen LogP contribution in [0.15, 0.2) is 91.6 Å². The number of nitrogens with one attached hydrogen (secondary N) is 3. The van der Waals surface area contributed by atoms with Crippen LogP contribution in [0.25, 0.3) is 33.4 Å². The fraction of sp³-hybridized carbons (Fsp3) is 0.115. The van der Waals surface area contributed by atoms with Crippen LogP contribution in [0.5, 0.6) is 0 Å². The third kappa shape index (κ3) is 4.34. The molecule has 5 rings (SSSR count). The molecule has 0 unspecified atom stereocenters. The highest BCUT2D eigenvalue weighted by Crippen LogP contribution is 2.35. The highest BCUT2D eigenvalue weighted by Gasteiger charge is 2.16. The highest BCUT2D eigenvalue weighted by molar-refractivity contribution is 5.97. The van der Waals surface area contributed by atoms with Crippen molar-refractivity contribution in [1.82, 2.24) is 25.1 Å². The summed E-state index contributed by atoms with van der Waals surface area (Å²) in [6.07, 6.45) is 15.5. The molecule has 4 aromatic rings. The van der Waals surface area contributed by atoms with Gasteiger partial charge in [0, 0.05) is 46.5 Å². The van der Waals surface area contributed by atoms with Crippen LogP contribution in [-0.4, -0.2) is 25.8 Å². The van der Waals surface area contributed by atoms with Crippen molar-refractivity contribution in [2.24, 2.45) is 0 Å². The van der Waals surface area contributed by atoms with Crippen LogP contribution in [0.2, 0.25) is 0 Å². The number of urea groups is 1. The third-order valence-corrected chi connectivity index (χ3v) is 5.50. The Balaban J connectivity index is 1.42. The second kappa shape index (κ2) is 9.00. The molecular formula is C26H24N6O. The summed E-state index contributed by atoms with van der Waals surface area (Å²) in [4.78, 5) is 19.9. The van der Waals surface area contributed by atoms with E-state index in [1.54, 1.807) is 6.20 Å². The monoisotopic (exact) mass is 436 g/mol. The molecule has 1 aromatic carbocycles. The van der Waals surface area contributed by atoms with E-state index in [-0.39, 0.29) is 6.03 Å². The summed E-state index contributed by atoms with van der Waals surface area (Å²) >= 11 is 0. The molecule has 0 fully saturated rings. The molecule has 0 atom stereocenters. The molecule has 0 saturated heterocycles. The van der Waals surface area contributed by atoms with E-state index in [2.05, 4.69) is 33.3 Å². The van der Waals surface area contributed by atoms with Gasteiger partial charge in [0.1, 0.15) is 11.3 Å². The lowest BCUT2D eigenvalue weighted by Gasteiger charge is -2.11. The van der Waals surface area contributed by atoms with E-state index < -0.39 is 0 Å². The highest BCUT2D eigenvalue weighted by atomic mass is 16.2. The van der Waals surface area contributed by atoms with Crippen molar-refractivity contribution < 1.29 is 4.79 Å². The summed E-state index contributed by atoms with van der Waals surface area (Å²) in [6, 6.07) is 11.5. The van der Waals surface area contributed by atoms with Crippen LogP contribution in [0.1, 0.15) is 12.8 Å². The molecule has 1 aliphatic rings. The number of aromatic amines is 1. The lowest BCUT2D eigenvalue weighted by Crippen LogP contribution is -2.27. The number of benzene rings is 1. The predicted molar refractivity (Wildman–Crippen MR) is 132 cm³/mol. The zero-order valence-electron chi connectivity index (χ0n) is 18.1. The van der Waals surface area contributed by atoms with Gasteiger partial charge in [0.2, 0.25) is 0 Å². The molecule has 1 aliphatic carbocycles. The molecule has 164 valence electrons. The average Bonchev–Trinajstić information content (AvgIpc) is 3.48. The number of pyridine rings is 1. The van der Waals surface area contributed by atoms with Crippen LogP contribution < -0.4 is 10.6 Å². The number of H-pyrrole nitrogens is 1. The molecule has 3 N–H and O–H groups in total. The number of hydrogen-bond donors (Lipinski definition) is 3. The maximum atomic E-state index is 12.3. The van der Waals surface area contributed by atoms with E-state index >= 15 is 0 Å². The van der Waals surface area contributed by atoms with Crippen molar-refractivity contribution in [2.75, 3.05) is 5.32 Å². The quantitative estimate of drug-likeness (QED) is 0.342. The van der Waals surface area contributed by atoms with Crippen molar-refractivity contribution in [2.45, 2.75) is 19.4 Å². The molecule has 0 bridgehead atoms. The normalized spacial score (nSPS) is 13.0. The maximum absolute atomic E-state index is 12.3. The van der Waals surface area contributed by atoms with Gasteiger partial charge in [-0.3, -0.25) is 4.68 Å². The van der Waals surface area contributed by atoms with Gasteiger partial charge in [-0.05, 0) is 48.7 Å². The Hall–Kier alpha value is -4.39. The molecule has 0 radical (unpaired) electrons. The minimum Gasteiger partial charge on any atom is -0.346 e. The lowest BCUT2D eigenvalue weighted by atomic mass is 10.0. The molecule has 0 saturated carbocycles. The van der Waals surface area contributed by atoms with E-state index in [0.717, 1.165) is 52.0 Å². The fourth-order valence-electron chi connectivity index (χ4n) is 3.96. The number of aromatic nitrogens is 4. The van der Waals surface area contributed by atoms with Gasteiger partial charge in [0.15, 0.2) is 0 Å². The first-order valence-electron chi connectivity index (χ1n) is 10.9. The Morgan fingerprint density at radius 3 is 2.79 bits per heavy atom. The van der Waals surface area contributed by atoms with Crippen LogP contribution in [0.4, 0.5) is 10.5 Å². The van der Waals surface area contributed by atoms with Gasteiger partial charge in [-0.2, -0.15) is 5.10 Å². The molecule has 0 spiro atoms. The van der Waals surface area contributed by atoms with Crippen molar-refractivity contribution in [3.63, 3.8) is 0 Å². The van der Waals surface area contributed by atoms with Gasteiger partial charge < -0.3 is 15.6 Å². The minimum atomic E-state index is -0.261. The second-order valence-corrected chi connectivity index (χ2v) is 7.80. The maximum Gasteiger partial charge on any atom is 0.323 e. The number of carbonyl (C=O) groups excluding carboxylic acids is 1. The number of fused-ring (bicyclic) bond motifs is 1. The third-order valence-electron chi connectivity index (χ3n) is 5.50. The van der Waals surface area contributed by atoms with Crippen molar-refractivity contribution in [3.05, 3.63) is 91.6 Å². The zero-order chi connectivity index (χ0) is 22.6. The Labute approximate surface area is 191 Å². The van der Waals surface area contributed by atoms with Gasteiger partial charge in [-0.15, -0.1) is 6.58 Å². The number of carbonyl (C=O) groups is 1. The van der Waals surface area contributed by atoms with Crippen molar-refractivity contribution in [3.8, 4) is 22.4 Å². The zero-order valence-corrected chi connectivity index (χ0v) is 18.1. The Kier molecular flexibility index (Phi) is 5.59. The lowest BCUT2D eigenvalue weighted by molar-refractivity contribution is 0.254. The van der Waals surface area contributed by atoms with Crippen LogP contribution in [0.3, 0.4) is 0 Å². The van der Waals surface area contributed by atoms with Crippen molar-refractivity contribution in [1.29, 1.82) is 0 Å². The largest absolute Gasteiger partial charge is 0.346 e. The van der Waals surface area contributed by atoms with Crippen LogP contribution >= 0.6 is 0 Å². The molecular weight excluding hydrogens is 412 g/mol. The topological polar surface area (TPSA) is 87.6 Å². The van der Waals surface area contributed by atoms with Crippen LogP contribution in [-0.2, 0) is 6.54 Å². The fourth-order valence-corrected chi connectivity index (χ4v) is 3.96. The Morgan fingerprint density at radius 2 is 2.00 bits per heavy atom. The van der Waals surface area contributed by atoms with E-state index in [1.165, 1.54) is 0 Å². The summed E-state index contributed by atoms with van der Waals surface area (Å²) in [5.74, 6) is 0. The molecule has 2 amide bonds. The summed E-state index contributed by atoms with van der Waals surface area (Å²) in [5.41, 5.74) is 6.25. The summed E-state index contributed by atoms with van der Waals surface area (Å²) in [7, 11) is 0. The van der Waals surface area contributed by atoms with Gasteiger partial charge in [0.05, 0.1) is 6.54 Å². The number of nitrogens with zero attached hydrogens (tertiary/aromatic N) is 3. The number of allylic oxidation sites excluding steroid dienone is 4. The molecule has 7 nitrogen and oxygen atoms in total.